The number of hydrogen-bond donors (Lipinski definition) is 0. The van der Waals surface area contributed by atoms with Gasteiger partial charge >= 0.3 is 0 Å². The monoisotopic (exact) mass is 339 g/mol. The number of rotatable bonds is 3. The molecule has 23 heavy (non-hydrogen) atoms. The number of benzene rings is 1. The van der Waals surface area contributed by atoms with E-state index in [-0.39, 0.29) is 18.2 Å². The van der Waals surface area contributed by atoms with Gasteiger partial charge in [-0.25, -0.2) is 4.39 Å². The molecule has 3 rings (SSSR count). The fraction of sp³-hybridized carbons (Fsp3) is 0.500. The van der Waals surface area contributed by atoms with Crippen LogP contribution in [0.1, 0.15) is 25.7 Å². The van der Waals surface area contributed by atoms with Gasteiger partial charge in [-0.15, -0.1) is 22.6 Å². The van der Waals surface area contributed by atoms with Gasteiger partial charge in [-0.2, -0.15) is 0 Å². The lowest BCUT2D eigenvalue weighted by atomic mass is 10.2. The highest BCUT2D eigenvalue weighted by molar-refractivity contribution is 5.85. The minimum atomic E-state index is -0.236. The Bertz CT molecular complexity index is 620. The van der Waals surface area contributed by atoms with Crippen LogP contribution in [0.25, 0.3) is 0 Å². The maximum absolute atomic E-state index is 13.1. The molecule has 1 aliphatic rings. The molecule has 1 aromatic heterocycles. The van der Waals surface area contributed by atoms with Crippen molar-refractivity contribution in [3.8, 4) is 0 Å². The highest BCUT2D eigenvalue weighted by Crippen LogP contribution is 2.25. The van der Waals surface area contributed by atoms with E-state index in [9.17, 15) is 4.39 Å². The third-order valence-electron chi connectivity index (χ3n) is 4.23. The molecule has 0 atom stereocenters. The fourth-order valence-electron chi connectivity index (χ4n) is 2.93. The van der Waals surface area contributed by atoms with E-state index in [0.29, 0.717) is 0 Å². The first-order chi connectivity index (χ1) is 10.7. The van der Waals surface area contributed by atoms with Crippen LogP contribution in [0.4, 0.5) is 22.0 Å². The molecule has 2 aromatic rings. The van der Waals surface area contributed by atoms with E-state index in [1.807, 2.05) is 23.6 Å². The van der Waals surface area contributed by atoms with E-state index >= 15 is 0 Å². The third kappa shape index (κ3) is 3.75. The van der Waals surface area contributed by atoms with Gasteiger partial charge in [0.05, 0.1) is 0 Å². The van der Waals surface area contributed by atoms with Crippen LogP contribution in [-0.2, 0) is 7.05 Å². The summed E-state index contributed by atoms with van der Waals surface area (Å²) in [6.45, 7) is 2.07. The average molecular weight is 340 g/mol. The zero-order valence-corrected chi connectivity index (χ0v) is 14.4. The number of halogens is 2. The lowest BCUT2D eigenvalue weighted by Crippen LogP contribution is -2.27. The van der Waals surface area contributed by atoms with E-state index < -0.39 is 0 Å². The Morgan fingerprint density at radius 2 is 1.61 bits per heavy atom. The molecular weight excluding hydrogens is 317 g/mol. The largest absolute Gasteiger partial charge is 0.341 e. The Morgan fingerprint density at radius 1 is 1.00 bits per heavy atom. The number of hydrogen-bond acceptors (Lipinski definition) is 4. The zero-order chi connectivity index (χ0) is 15.5. The normalized spacial score (nSPS) is 15.0. The minimum absolute atomic E-state index is 0. The summed E-state index contributed by atoms with van der Waals surface area (Å²) in [5.41, 5.74) is 0.888. The van der Waals surface area contributed by atoms with Gasteiger partial charge in [-0.1, -0.05) is 12.8 Å². The van der Waals surface area contributed by atoms with Gasteiger partial charge in [0, 0.05) is 32.9 Å². The molecule has 0 saturated carbocycles. The molecule has 0 spiro atoms. The van der Waals surface area contributed by atoms with Crippen LogP contribution in [0, 0.1) is 5.82 Å². The van der Waals surface area contributed by atoms with Gasteiger partial charge in [-0.3, -0.25) is 4.57 Å². The first-order valence-electron chi connectivity index (χ1n) is 7.80. The smallest absolute Gasteiger partial charge is 0.232 e. The van der Waals surface area contributed by atoms with Gasteiger partial charge in [-0.05, 0) is 37.1 Å². The molecule has 126 valence electrons. The van der Waals surface area contributed by atoms with Gasteiger partial charge in [0.25, 0.3) is 0 Å². The second-order valence-corrected chi connectivity index (χ2v) is 5.80. The summed E-state index contributed by atoms with van der Waals surface area (Å²) in [6.07, 6.45) is 4.99. The van der Waals surface area contributed by atoms with E-state index in [2.05, 4.69) is 15.1 Å². The van der Waals surface area contributed by atoms with Crippen LogP contribution in [0.3, 0.4) is 0 Å². The molecule has 5 nitrogen and oxygen atoms in total. The zero-order valence-electron chi connectivity index (χ0n) is 13.6. The van der Waals surface area contributed by atoms with Crippen molar-refractivity contribution in [2.45, 2.75) is 25.7 Å². The highest BCUT2D eigenvalue weighted by atomic mass is 35.5. The Balaban J connectivity index is 0.00000192. The molecule has 1 saturated heterocycles. The molecule has 0 unspecified atom stereocenters. The second kappa shape index (κ2) is 7.64. The van der Waals surface area contributed by atoms with Crippen LogP contribution in [-0.4, -0.2) is 34.9 Å². The number of aromatic nitrogens is 3. The molecule has 1 fully saturated rings. The van der Waals surface area contributed by atoms with E-state index in [1.54, 1.807) is 12.1 Å². The molecule has 1 aliphatic heterocycles. The average Bonchev–Trinajstić information content (AvgIpc) is 2.74. The molecule has 0 bridgehead atoms. The molecule has 0 radical (unpaired) electrons. The summed E-state index contributed by atoms with van der Waals surface area (Å²) in [7, 11) is 3.90. The van der Waals surface area contributed by atoms with Crippen LogP contribution in [0.2, 0.25) is 0 Å². The van der Waals surface area contributed by atoms with Crippen LogP contribution in [0.15, 0.2) is 24.3 Å². The Morgan fingerprint density at radius 3 is 2.22 bits per heavy atom. The van der Waals surface area contributed by atoms with Crippen LogP contribution in [0.5, 0.6) is 0 Å². The van der Waals surface area contributed by atoms with Crippen molar-refractivity contribution in [2.24, 2.45) is 7.05 Å². The van der Waals surface area contributed by atoms with E-state index in [4.69, 9.17) is 0 Å². The number of anilines is 3. The van der Waals surface area contributed by atoms with Crippen molar-refractivity contribution in [1.29, 1.82) is 0 Å². The van der Waals surface area contributed by atoms with Crippen molar-refractivity contribution >= 4 is 30.0 Å². The first-order valence-corrected chi connectivity index (χ1v) is 7.80. The molecule has 2 heterocycles. The predicted octanol–water partition coefficient (Wildman–Crippen LogP) is 3.52. The summed E-state index contributed by atoms with van der Waals surface area (Å²) in [4.78, 5) is 4.23. The van der Waals surface area contributed by atoms with Crippen molar-refractivity contribution in [3.63, 3.8) is 0 Å². The summed E-state index contributed by atoms with van der Waals surface area (Å²) in [6, 6.07) is 6.40. The molecule has 0 N–H and O–H groups in total. The maximum atomic E-state index is 13.1. The molecule has 0 aliphatic carbocycles. The molecular formula is C16H23ClFN5. The Kier molecular flexibility index (Phi) is 5.82. The third-order valence-corrected chi connectivity index (χ3v) is 4.23. The van der Waals surface area contributed by atoms with Crippen molar-refractivity contribution in [3.05, 3.63) is 30.1 Å². The lowest BCUT2D eigenvalue weighted by molar-refractivity contribution is 0.628. The standard InChI is InChI=1S/C16H22FN5.ClH/c1-20(14-9-7-13(17)8-10-14)15-18-19-16(21(15)2)22-11-5-3-4-6-12-22;/h7-10H,3-6,11-12H2,1-2H3;1H. The quantitative estimate of drug-likeness (QED) is 0.857. The van der Waals surface area contributed by atoms with Crippen LogP contribution < -0.4 is 9.80 Å². The first kappa shape index (κ1) is 17.5. The van der Waals surface area contributed by atoms with Crippen LogP contribution >= 0.6 is 12.4 Å². The predicted molar refractivity (Wildman–Crippen MR) is 93.4 cm³/mol. The summed E-state index contributed by atoms with van der Waals surface area (Å²) < 4.78 is 15.1. The second-order valence-electron chi connectivity index (χ2n) is 5.80. The summed E-state index contributed by atoms with van der Waals surface area (Å²) >= 11 is 0. The maximum Gasteiger partial charge on any atom is 0.232 e. The van der Waals surface area contributed by atoms with Crippen molar-refractivity contribution in [2.75, 3.05) is 29.9 Å². The van der Waals surface area contributed by atoms with E-state index in [1.165, 1.54) is 37.8 Å². The molecule has 7 heteroatoms. The minimum Gasteiger partial charge on any atom is -0.341 e. The Hall–Kier alpha value is -1.82. The fourth-order valence-corrected chi connectivity index (χ4v) is 2.93. The molecule has 1 aromatic carbocycles. The summed E-state index contributed by atoms with van der Waals surface area (Å²) in [5, 5.41) is 8.69. The SMILES string of the molecule is CN(c1ccc(F)cc1)c1nnc(N2CCCCCC2)n1C.Cl. The lowest BCUT2D eigenvalue weighted by Gasteiger charge is -2.22. The van der Waals surface area contributed by atoms with Gasteiger partial charge in [0.15, 0.2) is 0 Å². The summed E-state index contributed by atoms with van der Waals surface area (Å²) in [5.74, 6) is 1.43. The highest BCUT2D eigenvalue weighted by Gasteiger charge is 2.19. The number of nitrogens with zero attached hydrogens (tertiary/aromatic N) is 5. The van der Waals surface area contributed by atoms with Crippen molar-refractivity contribution in [1.82, 2.24) is 14.8 Å². The van der Waals surface area contributed by atoms with Gasteiger partial charge in [0.2, 0.25) is 11.9 Å². The topological polar surface area (TPSA) is 37.2 Å². The van der Waals surface area contributed by atoms with Gasteiger partial charge in [0.1, 0.15) is 5.82 Å². The van der Waals surface area contributed by atoms with Gasteiger partial charge < -0.3 is 9.80 Å². The molecule has 0 amide bonds. The Labute approximate surface area is 142 Å². The van der Waals surface area contributed by atoms with Crippen molar-refractivity contribution < 1.29 is 4.39 Å². The van der Waals surface area contributed by atoms with E-state index in [0.717, 1.165) is 30.7 Å².